The van der Waals surface area contributed by atoms with E-state index in [1.54, 1.807) is 13.8 Å². The summed E-state index contributed by atoms with van der Waals surface area (Å²) in [5.74, 6) is -0.341. The normalized spacial score (nSPS) is 11.3. The van der Waals surface area contributed by atoms with Crippen LogP contribution in [0.3, 0.4) is 0 Å². The van der Waals surface area contributed by atoms with Crippen molar-refractivity contribution in [3.05, 3.63) is 51.2 Å². The maximum atomic E-state index is 12.0. The number of aromatic nitrogens is 1. The molecule has 1 heterocycles. The Morgan fingerprint density at radius 3 is 2.67 bits per heavy atom. The van der Waals surface area contributed by atoms with Crippen molar-refractivity contribution < 1.29 is 17.9 Å². The van der Waals surface area contributed by atoms with Crippen LogP contribution in [0.1, 0.15) is 16.8 Å². The van der Waals surface area contributed by atoms with Gasteiger partial charge in [0.05, 0.1) is 16.4 Å². The number of hydrogen-bond acceptors (Lipinski definition) is 6. The van der Waals surface area contributed by atoms with E-state index in [0.717, 1.165) is 0 Å². The molecule has 0 amide bonds. The maximum absolute atomic E-state index is 12.0. The van der Waals surface area contributed by atoms with Crippen molar-refractivity contribution in [3.8, 4) is 0 Å². The third-order valence-corrected chi connectivity index (χ3v) is 4.09. The van der Waals surface area contributed by atoms with Gasteiger partial charge in [-0.1, -0.05) is 17.3 Å². The summed E-state index contributed by atoms with van der Waals surface area (Å²) in [7, 11) is -3.75. The van der Waals surface area contributed by atoms with E-state index in [9.17, 15) is 18.5 Å². The third kappa shape index (κ3) is 3.57. The summed E-state index contributed by atoms with van der Waals surface area (Å²) in [6.07, 6.45) is 0. The van der Waals surface area contributed by atoms with E-state index >= 15 is 0 Å². The molecule has 1 aromatic carbocycles. The van der Waals surface area contributed by atoms with E-state index < -0.39 is 20.7 Å². The Morgan fingerprint density at radius 2 is 2.10 bits per heavy atom. The molecule has 0 saturated heterocycles. The van der Waals surface area contributed by atoms with Crippen molar-refractivity contribution in [1.82, 2.24) is 5.16 Å². The fourth-order valence-electron chi connectivity index (χ4n) is 1.67. The van der Waals surface area contributed by atoms with Crippen LogP contribution in [0.25, 0.3) is 0 Å². The number of aryl methyl sites for hydroxylation is 1. The maximum Gasteiger partial charge on any atom is 0.269 e. The lowest BCUT2D eigenvalue weighted by molar-refractivity contribution is -0.384. The van der Waals surface area contributed by atoms with Crippen molar-refractivity contribution >= 4 is 21.6 Å². The number of nitrogens with zero attached hydrogens (tertiary/aromatic N) is 2. The highest BCUT2D eigenvalue weighted by atomic mass is 32.2. The molecule has 0 atom stereocenters. The van der Waals surface area contributed by atoms with Gasteiger partial charge in [-0.15, -0.1) is 0 Å². The van der Waals surface area contributed by atoms with Crippen molar-refractivity contribution in [3.63, 3.8) is 0 Å². The number of anilines is 1. The molecule has 2 rings (SSSR count). The Balaban J connectivity index is 2.20. The molecular weight excluding hydrogens is 298 g/mol. The van der Waals surface area contributed by atoms with Gasteiger partial charge in [-0.25, -0.2) is 8.42 Å². The quantitative estimate of drug-likeness (QED) is 0.668. The van der Waals surface area contributed by atoms with Crippen molar-refractivity contribution in [1.29, 1.82) is 0 Å². The average Bonchev–Trinajstić information content (AvgIpc) is 2.70. The van der Waals surface area contributed by atoms with Gasteiger partial charge in [-0.2, -0.15) is 0 Å². The van der Waals surface area contributed by atoms with Crippen LogP contribution in [0, 0.1) is 24.0 Å². The van der Waals surface area contributed by atoms with Crippen molar-refractivity contribution in [2.24, 2.45) is 0 Å². The summed E-state index contributed by atoms with van der Waals surface area (Å²) >= 11 is 0. The van der Waals surface area contributed by atoms with Crippen LogP contribution < -0.4 is 4.72 Å². The molecule has 0 saturated carbocycles. The summed E-state index contributed by atoms with van der Waals surface area (Å²) in [5.41, 5.74) is 1.33. The Kier molecular flexibility index (Phi) is 3.94. The molecule has 1 N–H and O–H groups in total. The van der Waals surface area contributed by atoms with Gasteiger partial charge in [0.25, 0.3) is 5.69 Å². The van der Waals surface area contributed by atoms with Gasteiger partial charge in [-0.05, 0) is 19.4 Å². The molecule has 1 aromatic heterocycles. The van der Waals surface area contributed by atoms with Crippen LogP contribution >= 0.6 is 0 Å². The van der Waals surface area contributed by atoms with Gasteiger partial charge in [0.15, 0.2) is 0 Å². The zero-order valence-electron chi connectivity index (χ0n) is 11.4. The Morgan fingerprint density at radius 1 is 1.38 bits per heavy atom. The van der Waals surface area contributed by atoms with Gasteiger partial charge in [0.2, 0.25) is 15.9 Å². The SMILES string of the molecule is Cc1noc(NS(=O)(=O)Cc2cccc([N+](=O)[O-])c2)c1C. The van der Waals surface area contributed by atoms with Gasteiger partial charge in [-0.3, -0.25) is 14.8 Å². The molecule has 0 spiro atoms. The first-order valence-electron chi connectivity index (χ1n) is 5.95. The van der Waals surface area contributed by atoms with Gasteiger partial charge in [0.1, 0.15) is 0 Å². The highest BCUT2D eigenvalue weighted by Crippen LogP contribution is 2.21. The predicted molar refractivity (Wildman–Crippen MR) is 75.3 cm³/mol. The van der Waals surface area contributed by atoms with Crippen LogP contribution in [0.2, 0.25) is 0 Å². The zero-order chi connectivity index (χ0) is 15.6. The van der Waals surface area contributed by atoms with Crippen LogP contribution in [-0.2, 0) is 15.8 Å². The molecule has 0 aliphatic rings. The van der Waals surface area contributed by atoms with Gasteiger partial charge >= 0.3 is 0 Å². The number of hydrogen-bond donors (Lipinski definition) is 1. The summed E-state index contributed by atoms with van der Waals surface area (Å²) in [6, 6.07) is 5.46. The topological polar surface area (TPSA) is 115 Å². The average molecular weight is 311 g/mol. The lowest BCUT2D eigenvalue weighted by Crippen LogP contribution is -2.15. The highest BCUT2D eigenvalue weighted by Gasteiger charge is 2.18. The van der Waals surface area contributed by atoms with Crippen molar-refractivity contribution in [2.45, 2.75) is 19.6 Å². The molecule has 0 bridgehead atoms. The molecule has 9 heteroatoms. The number of benzene rings is 1. The molecular formula is C12H13N3O5S. The third-order valence-electron chi connectivity index (χ3n) is 2.88. The standard InChI is InChI=1S/C12H13N3O5S/c1-8-9(2)13-20-12(8)14-21(18,19)7-10-4-3-5-11(6-10)15(16)17/h3-6,14H,7H2,1-2H3. The summed E-state index contributed by atoms with van der Waals surface area (Å²) in [4.78, 5) is 10.1. The van der Waals surface area contributed by atoms with Crippen LogP contribution in [-0.4, -0.2) is 18.5 Å². The number of sulfonamides is 1. The minimum Gasteiger partial charge on any atom is -0.337 e. The van der Waals surface area contributed by atoms with Crippen LogP contribution in [0.15, 0.2) is 28.8 Å². The van der Waals surface area contributed by atoms with Crippen molar-refractivity contribution in [2.75, 3.05) is 4.72 Å². The predicted octanol–water partition coefficient (Wildman–Crippen LogP) is 2.14. The molecule has 2 aromatic rings. The van der Waals surface area contributed by atoms with E-state index in [0.29, 0.717) is 16.8 Å². The monoisotopic (exact) mass is 311 g/mol. The second-order valence-corrected chi connectivity index (χ2v) is 6.23. The van der Waals surface area contributed by atoms with Crippen LogP contribution in [0.5, 0.6) is 0 Å². The van der Waals surface area contributed by atoms with Crippen LogP contribution in [0.4, 0.5) is 11.6 Å². The largest absolute Gasteiger partial charge is 0.337 e. The first kappa shape index (κ1) is 15.0. The molecule has 21 heavy (non-hydrogen) atoms. The second kappa shape index (κ2) is 5.52. The molecule has 0 unspecified atom stereocenters. The zero-order valence-corrected chi connectivity index (χ0v) is 12.2. The number of rotatable bonds is 5. The number of nitro groups is 1. The molecule has 8 nitrogen and oxygen atoms in total. The van der Waals surface area contributed by atoms with Gasteiger partial charge in [0, 0.05) is 17.7 Å². The number of non-ortho nitro benzene ring substituents is 1. The van der Waals surface area contributed by atoms with E-state index in [1.165, 1.54) is 24.3 Å². The Labute approximate surface area is 121 Å². The van der Waals surface area contributed by atoms with Gasteiger partial charge < -0.3 is 4.52 Å². The smallest absolute Gasteiger partial charge is 0.269 e. The lowest BCUT2D eigenvalue weighted by atomic mass is 10.2. The fourth-order valence-corrected chi connectivity index (χ4v) is 2.83. The first-order chi connectivity index (χ1) is 9.78. The number of nitro benzene ring substituents is 1. The minimum absolute atomic E-state index is 0.0536. The summed E-state index contributed by atoms with van der Waals surface area (Å²) < 4.78 is 31.2. The Hall–Kier alpha value is -2.42. The highest BCUT2D eigenvalue weighted by molar-refractivity contribution is 7.91. The van der Waals surface area contributed by atoms with E-state index in [1.807, 2.05) is 0 Å². The lowest BCUT2D eigenvalue weighted by Gasteiger charge is -2.05. The van der Waals surface area contributed by atoms with E-state index in [2.05, 4.69) is 9.88 Å². The molecule has 112 valence electrons. The number of nitrogens with one attached hydrogen (secondary N) is 1. The molecule has 0 radical (unpaired) electrons. The molecule has 0 aliphatic heterocycles. The second-order valence-electron chi connectivity index (χ2n) is 4.51. The summed E-state index contributed by atoms with van der Waals surface area (Å²) in [6.45, 7) is 3.37. The van der Waals surface area contributed by atoms with E-state index in [-0.39, 0.29) is 11.6 Å². The molecule has 0 fully saturated rings. The molecule has 0 aliphatic carbocycles. The Bertz CT molecular complexity index is 782. The van der Waals surface area contributed by atoms with E-state index in [4.69, 9.17) is 4.52 Å². The summed E-state index contributed by atoms with van der Waals surface area (Å²) in [5, 5.41) is 14.3. The minimum atomic E-state index is -3.75. The fraction of sp³-hybridized carbons (Fsp3) is 0.250. The first-order valence-corrected chi connectivity index (χ1v) is 7.60.